The van der Waals surface area contributed by atoms with Crippen molar-refractivity contribution in [2.45, 2.75) is 50.9 Å². The van der Waals surface area contributed by atoms with Crippen LogP contribution in [0.2, 0.25) is 26.2 Å². The van der Waals surface area contributed by atoms with Crippen molar-refractivity contribution >= 4 is 75.9 Å². The first-order valence-electron chi connectivity index (χ1n) is 20.2. The summed E-state index contributed by atoms with van der Waals surface area (Å²) in [5.74, 6) is 0. The normalized spacial score (nSPS) is 16.8. The van der Waals surface area contributed by atoms with Crippen LogP contribution in [0.1, 0.15) is 54.3 Å². The summed E-state index contributed by atoms with van der Waals surface area (Å²) in [4.78, 5) is 5.45. The molecule has 8 aromatic rings. The van der Waals surface area contributed by atoms with Gasteiger partial charge in [0, 0.05) is 21.1 Å². The van der Waals surface area contributed by atoms with E-state index >= 15 is 0 Å². The molecule has 5 heteroatoms. The third-order valence-corrected chi connectivity index (χ3v) is 23.0. The van der Waals surface area contributed by atoms with Crippen molar-refractivity contribution in [2.75, 3.05) is 4.90 Å². The Bertz CT molecular complexity index is 2640. The molecule has 57 heavy (non-hydrogen) atoms. The van der Waals surface area contributed by atoms with Gasteiger partial charge >= 0.3 is 0 Å². The zero-order valence-corrected chi connectivity index (χ0v) is 37.0. The molecule has 1 aliphatic carbocycles. The second-order valence-electron chi connectivity index (χ2n) is 17.4. The third kappa shape index (κ3) is 4.49. The molecule has 1 nitrogen and oxygen atoms in total. The molecule has 3 aliphatic rings. The first-order valence-corrected chi connectivity index (χ1v) is 27.9. The van der Waals surface area contributed by atoms with Crippen LogP contribution in [0.4, 0.5) is 16.4 Å². The van der Waals surface area contributed by atoms with Gasteiger partial charge in [-0.1, -0.05) is 148 Å². The maximum absolute atomic E-state index is 2.63. The summed E-state index contributed by atoms with van der Waals surface area (Å²) in [5, 5.41) is 9.84. The van der Waals surface area contributed by atoms with Gasteiger partial charge in [0.15, 0.2) is 0 Å². The van der Waals surface area contributed by atoms with Gasteiger partial charge in [0.2, 0.25) is 0 Å². The van der Waals surface area contributed by atoms with E-state index in [1.807, 2.05) is 22.7 Å². The van der Waals surface area contributed by atoms with Crippen LogP contribution in [0.15, 0.2) is 163 Å². The highest BCUT2D eigenvalue weighted by Crippen LogP contribution is 2.65. The Morgan fingerprint density at radius 1 is 0.421 bits per heavy atom. The molecule has 0 radical (unpaired) electrons. The number of hydrogen-bond acceptors (Lipinski definition) is 3. The van der Waals surface area contributed by atoms with Crippen LogP contribution in [0.25, 0.3) is 0 Å². The van der Waals surface area contributed by atoms with Gasteiger partial charge in [0.1, 0.15) is 21.1 Å². The summed E-state index contributed by atoms with van der Waals surface area (Å²) in [6, 6.07) is 61.4. The molecular formula is C52H45NS2Si2. The lowest BCUT2D eigenvalue weighted by Crippen LogP contribution is -2.66. The highest BCUT2D eigenvalue weighted by Gasteiger charge is 2.62. The Balaban J connectivity index is 1.36. The van der Waals surface area contributed by atoms with Gasteiger partial charge in [-0.25, -0.2) is 0 Å². The first kappa shape index (κ1) is 35.1. The van der Waals surface area contributed by atoms with Crippen molar-refractivity contribution in [1.82, 2.24) is 0 Å². The van der Waals surface area contributed by atoms with Crippen molar-refractivity contribution in [3.05, 3.63) is 217 Å². The molecule has 0 atom stereocenters. The topological polar surface area (TPSA) is 3.24 Å². The van der Waals surface area contributed by atoms with E-state index in [1.165, 1.54) is 70.6 Å². The Morgan fingerprint density at radius 2 is 0.842 bits per heavy atom. The predicted molar refractivity (Wildman–Crippen MR) is 250 cm³/mol. The summed E-state index contributed by atoms with van der Waals surface area (Å²) in [6.45, 7) is 14.7. The van der Waals surface area contributed by atoms with E-state index in [0.29, 0.717) is 0 Å². The van der Waals surface area contributed by atoms with E-state index in [-0.39, 0.29) is 0 Å². The lowest BCUT2D eigenvalue weighted by atomic mass is 9.55. The Labute approximate surface area is 347 Å². The Kier molecular flexibility index (Phi) is 7.54. The third-order valence-electron chi connectivity index (χ3n) is 13.6. The van der Waals surface area contributed by atoms with Crippen molar-refractivity contribution in [2.24, 2.45) is 0 Å². The molecule has 278 valence electrons. The average molecular weight is 804 g/mol. The molecule has 4 heterocycles. The zero-order chi connectivity index (χ0) is 38.9. The summed E-state index contributed by atoms with van der Waals surface area (Å²) in [5.41, 5.74) is 12.7. The molecule has 0 N–H and O–H groups in total. The number of fused-ring (bicyclic) bond motifs is 14. The minimum atomic E-state index is -2.08. The Hall–Kier alpha value is -5.05. The van der Waals surface area contributed by atoms with Gasteiger partial charge in [-0.15, -0.1) is 22.7 Å². The lowest BCUT2D eigenvalue weighted by Gasteiger charge is -2.54. The molecule has 0 saturated carbocycles. The zero-order valence-electron chi connectivity index (χ0n) is 33.4. The highest BCUT2D eigenvalue weighted by atomic mass is 32.1. The fourth-order valence-electron chi connectivity index (χ4n) is 11.2. The van der Waals surface area contributed by atoms with Crippen molar-refractivity contribution in [3.63, 3.8) is 0 Å². The van der Waals surface area contributed by atoms with Crippen LogP contribution in [-0.4, -0.2) is 16.1 Å². The second-order valence-corrected chi connectivity index (χ2v) is 28.0. The van der Waals surface area contributed by atoms with Gasteiger partial charge in [-0.3, -0.25) is 0 Å². The second kappa shape index (κ2) is 12.2. The minimum absolute atomic E-state index is 0.478. The monoisotopic (exact) mass is 803 g/mol. The summed E-state index contributed by atoms with van der Waals surface area (Å²) in [7, 11) is -4.15. The summed E-state index contributed by atoms with van der Waals surface area (Å²) >= 11 is 3.99. The van der Waals surface area contributed by atoms with E-state index in [1.54, 1.807) is 20.7 Å². The van der Waals surface area contributed by atoms with E-state index in [2.05, 4.69) is 208 Å². The fraction of sp³-hybridized carbons (Fsp3) is 0.154. The van der Waals surface area contributed by atoms with Crippen molar-refractivity contribution in [1.29, 1.82) is 0 Å². The van der Waals surface area contributed by atoms with Gasteiger partial charge < -0.3 is 4.90 Å². The van der Waals surface area contributed by atoms with Gasteiger partial charge in [0.05, 0.1) is 10.8 Å². The van der Waals surface area contributed by atoms with Gasteiger partial charge in [-0.2, -0.15) is 0 Å². The maximum atomic E-state index is 2.63. The van der Waals surface area contributed by atoms with E-state index < -0.39 is 27.0 Å². The first-order chi connectivity index (χ1) is 27.6. The minimum Gasteiger partial charge on any atom is -0.302 e. The summed E-state index contributed by atoms with van der Waals surface area (Å²) < 4.78 is 0. The van der Waals surface area contributed by atoms with Gasteiger partial charge in [-0.05, 0) is 121 Å². The van der Waals surface area contributed by atoms with Crippen molar-refractivity contribution in [3.8, 4) is 0 Å². The van der Waals surface area contributed by atoms with E-state index in [4.69, 9.17) is 0 Å². The fourth-order valence-corrected chi connectivity index (χ4v) is 20.3. The lowest BCUT2D eigenvalue weighted by molar-refractivity contribution is 0.646. The molecule has 11 rings (SSSR count). The van der Waals surface area contributed by atoms with Crippen LogP contribution in [0.3, 0.4) is 0 Å². The smallest absolute Gasteiger partial charge is 0.113 e. The molecule has 6 aromatic carbocycles. The molecule has 0 amide bonds. The number of benzene rings is 6. The molecule has 0 unspecified atom stereocenters. The number of hydrogen-bond donors (Lipinski definition) is 0. The maximum Gasteiger partial charge on any atom is 0.113 e. The molecule has 2 aromatic heterocycles. The largest absolute Gasteiger partial charge is 0.302 e. The molecular weight excluding hydrogens is 759 g/mol. The van der Waals surface area contributed by atoms with Crippen LogP contribution >= 0.6 is 22.7 Å². The highest BCUT2D eigenvalue weighted by molar-refractivity contribution is 7.17. The van der Waals surface area contributed by atoms with Crippen LogP contribution in [0.5, 0.6) is 0 Å². The number of rotatable bonds is 3. The SMILES string of the molecule is Cc1cccc(N(c2cccc(C)c2)c2cc3c(s2)C2(c4ccccc4[Si](C)(C)c4ccccc42)c2ccsc2C32c3ccccc3[Si](C)(C)c3ccccc32)c1. The van der Waals surface area contributed by atoms with Crippen LogP contribution in [-0.2, 0) is 10.8 Å². The molecule has 2 spiro atoms. The van der Waals surface area contributed by atoms with Gasteiger partial charge in [0.25, 0.3) is 0 Å². The Morgan fingerprint density at radius 3 is 1.28 bits per heavy atom. The number of thiophene rings is 2. The predicted octanol–water partition coefficient (Wildman–Crippen LogP) is 11.2. The average Bonchev–Trinajstić information content (AvgIpc) is 3.90. The summed E-state index contributed by atoms with van der Waals surface area (Å²) in [6.07, 6.45) is 0. The van der Waals surface area contributed by atoms with Crippen molar-refractivity contribution < 1.29 is 0 Å². The van der Waals surface area contributed by atoms with Crippen LogP contribution in [0, 0.1) is 13.8 Å². The van der Waals surface area contributed by atoms with E-state index in [9.17, 15) is 0 Å². The number of nitrogens with zero attached hydrogens (tertiary/aromatic N) is 1. The molecule has 0 bridgehead atoms. The number of aryl methyl sites for hydroxylation is 2. The number of anilines is 3. The quantitative estimate of drug-likeness (QED) is 0.161. The van der Waals surface area contributed by atoms with Crippen LogP contribution < -0.4 is 25.6 Å². The van der Waals surface area contributed by atoms with E-state index in [0.717, 1.165) is 0 Å². The molecule has 2 aliphatic heterocycles. The molecule has 0 saturated heterocycles. The molecule has 0 fully saturated rings. The standard InChI is InChI=1S/C52H45NS2Si2/c1-34-17-15-19-36(31-34)53(37-20-16-18-35(2)32-37)48-33-43-50(55-48)51(38-21-7-11-25-44(38)56(3,4)45-26-12-8-22-39(45)51)42-29-30-54-49(42)52(43)40-23-9-13-27-46(40)57(5,6)47-28-14-10-24-41(47)52/h7-33H,1-6H3.